The highest BCUT2D eigenvalue weighted by Gasteiger charge is 2.28. The third-order valence-electron chi connectivity index (χ3n) is 3.59. The summed E-state index contributed by atoms with van der Waals surface area (Å²) in [5, 5.41) is 25.1. The number of amidine groups is 1. The van der Waals surface area contributed by atoms with E-state index in [4.69, 9.17) is 9.77 Å². The Balaban J connectivity index is 1.74. The van der Waals surface area contributed by atoms with Crippen LogP contribution >= 0.6 is 12.1 Å². The van der Waals surface area contributed by atoms with Gasteiger partial charge in [0.2, 0.25) is 5.82 Å². The topological polar surface area (TPSA) is 134 Å². The molecule has 1 atom stereocenters. The molecule has 3 rings (SSSR count). The second kappa shape index (κ2) is 7.57. The third-order valence-corrected chi connectivity index (χ3v) is 3.96. The van der Waals surface area contributed by atoms with E-state index in [2.05, 4.69) is 25.3 Å². The number of aromatic nitrogens is 2. The first kappa shape index (κ1) is 16.6. The van der Waals surface area contributed by atoms with Crippen molar-refractivity contribution in [1.29, 1.82) is 0 Å². The minimum atomic E-state index is -0.317. The Hall–Kier alpha value is -2.21. The van der Waals surface area contributed by atoms with Gasteiger partial charge in [0.05, 0.1) is 6.04 Å². The molecule has 0 radical (unpaired) electrons. The molecule has 0 saturated carbocycles. The van der Waals surface area contributed by atoms with Gasteiger partial charge >= 0.3 is 0 Å². The number of benzene rings is 1. The Kier molecular flexibility index (Phi) is 5.25. The van der Waals surface area contributed by atoms with Crippen LogP contribution in [0.1, 0.15) is 22.9 Å². The predicted octanol–water partition coefficient (Wildman–Crippen LogP) is 0.755. The highest BCUT2D eigenvalue weighted by atomic mass is 32.2. The second-order valence-corrected chi connectivity index (χ2v) is 5.58. The molecule has 128 valence electrons. The lowest BCUT2D eigenvalue weighted by molar-refractivity contribution is 0.232. The fraction of sp³-hybridized carbons (Fsp3) is 0.308. The summed E-state index contributed by atoms with van der Waals surface area (Å²) >= 11 is 1.01. The van der Waals surface area contributed by atoms with Crippen LogP contribution in [-0.4, -0.2) is 34.4 Å². The summed E-state index contributed by atoms with van der Waals surface area (Å²) in [5.41, 5.74) is 4.07. The maximum Gasteiger partial charge on any atom is 0.202 e. The van der Waals surface area contributed by atoms with Gasteiger partial charge in [0.1, 0.15) is 5.82 Å². The average Bonchev–Trinajstić information content (AvgIpc) is 3.03. The van der Waals surface area contributed by atoms with Crippen molar-refractivity contribution in [3.8, 4) is 0 Å². The van der Waals surface area contributed by atoms with Gasteiger partial charge in [-0.3, -0.25) is 20.8 Å². The maximum absolute atomic E-state index is 13.3. The van der Waals surface area contributed by atoms with Crippen LogP contribution in [0.15, 0.2) is 27.8 Å². The van der Waals surface area contributed by atoms with Crippen molar-refractivity contribution in [2.75, 3.05) is 18.4 Å². The molecule has 0 aliphatic heterocycles. The quantitative estimate of drug-likeness (QED) is 0.161. The van der Waals surface area contributed by atoms with Crippen LogP contribution in [0.3, 0.4) is 0 Å². The molecule has 9 nitrogen and oxygen atoms in total. The summed E-state index contributed by atoms with van der Waals surface area (Å²) in [7, 11) is 0. The summed E-state index contributed by atoms with van der Waals surface area (Å²) in [5.74, 6) is 0.112. The van der Waals surface area contributed by atoms with Gasteiger partial charge in [0, 0.05) is 25.2 Å². The number of fused-ring (bicyclic) bond motifs is 1. The summed E-state index contributed by atoms with van der Waals surface area (Å²) in [6, 6.07) is 4.33. The van der Waals surface area contributed by atoms with E-state index in [0.29, 0.717) is 25.3 Å². The van der Waals surface area contributed by atoms with Gasteiger partial charge in [0.15, 0.2) is 11.5 Å². The first-order chi connectivity index (χ1) is 11.7. The predicted molar refractivity (Wildman–Crippen MR) is 86.9 cm³/mol. The fourth-order valence-corrected chi connectivity index (χ4v) is 2.63. The molecule has 1 unspecified atom stereocenters. The zero-order valence-electron chi connectivity index (χ0n) is 12.5. The standard InChI is InChI=1S/C13H16FN7O2S/c14-8-2-1-7-5-10(9(7)6-8)18-13(19-22)11-12(21-23-20-11)16-3-4-17-24-15/h1-2,6,10,17,22H,3-5,15H2,(H,16,21)(H,18,19). The van der Waals surface area contributed by atoms with Gasteiger partial charge in [-0.15, -0.1) is 0 Å². The van der Waals surface area contributed by atoms with E-state index in [1.54, 1.807) is 6.07 Å². The van der Waals surface area contributed by atoms with Crippen molar-refractivity contribution < 1.29 is 14.2 Å². The lowest BCUT2D eigenvalue weighted by Gasteiger charge is -2.27. The van der Waals surface area contributed by atoms with Crippen LogP contribution in [0.2, 0.25) is 0 Å². The molecule has 1 aliphatic carbocycles. The molecule has 0 fully saturated rings. The lowest BCUT2D eigenvalue weighted by atomic mass is 9.83. The molecule has 0 amide bonds. The van der Waals surface area contributed by atoms with Crippen LogP contribution in [0.25, 0.3) is 0 Å². The number of halogens is 1. The molecular weight excluding hydrogens is 337 g/mol. The maximum atomic E-state index is 13.3. The second-order valence-electron chi connectivity index (χ2n) is 5.05. The number of anilines is 1. The zero-order chi connectivity index (χ0) is 16.9. The molecule has 11 heteroatoms. The van der Waals surface area contributed by atoms with E-state index < -0.39 is 0 Å². The van der Waals surface area contributed by atoms with E-state index in [0.717, 1.165) is 23.3 Å². The zero-order valence-corrected chi connectivity index (χ0v) is 13.3. The minimum Gasteiger partial charge on any atom is -0.364 e. The largest absolute Gasteiger partial charge is 0.364 e. The lowest BCUT2D eigenvalue weighted by Crippen LogP contribution is -2.26. The van der Waals surface area contributed by atoms with Crippen LogP contribution in [0.4, 0.5) is 10.2 Å². The Labute approximate surface area is 141 Å². The van der Waals surface area contributed by atoms with Gasteiger partial charge in [-0.05, 0) is 40.0 Å². The molecule has 1 aromatic carbocycles. The Morgan fingerprint density at radius 3 is 3.12 bits per heavy atom. The molecule has 2 aromatic rings. The van der Waals surface area contributed by atoms with Crippen molar-refractivity contribution >= 4 is 23.8 Å². The molecule has 6 N–H and O–H groups in total. The van der Waals surface area contributed by atoms with Gasteiger partial charge in [0.25, 0.3) is 0 Å². The third kappa shape index (κ3) is 3.48. The SMILES string of the molecule is NSNCCNc1nonc1C(=NC1Cc2ccc(F)cc21)NO. The number of rotatable bonds is 7. The molecule has 0 saturated heterocycles. The summed E-state index contributed by atoms with van der Waals surface area (Å²) in [6.45, 7) is 1.10. The molecule has 24 heavy (non-hydrogen) atoms. The highest BCUT2D eigenvalue weighted by molar-refractivity contribution is 7.95. The molecular formula is C13H16FN7O2S. The smallest absolute Gasteiger partial charge is 0.202 e. The monoisotopic (exact) mass is 353 g/mol. The van der Waals surface area contributed by atoms with E-state index in [9.17, 15) is 9.60 Å². The minimum absolute atomic E-state index is 0.0971. The number of aliphatic imine (C=N–C) groups is 1. The number of hydrogen-bond donors (Lipinski definition) is 5. The first-order valence-corrected chi connectivity index (χ1v) is 8.02. The van der Waals surface area contributed by atoms with Crippen molar-refractivity contribution in [3.63, 3.8) is 0 Å². The molecule has 1 heterocycles. The van der Waals surface area contributed by atoms with Gasteiger partial charge in [-0.1, -0.05) is 6.07 Å². The summed E-state index contributed by atoms with van der Waals surface area (Å²) in [4.78, 5) is 4.38. The van der Waals surface area contributed by atoms with E-state index in [1.807, 2.05) is 5.48 Å². The average molecular weight is 353 g/mol. The van der Waals surface area contributed by atoms with Crippen LogP contribution in [0, 0.1) is 5.82 Å². The Morgan fingerprint density at radius 1 is 1.46 bits per heavy atom. The number of hydroxylamine groups is 1. The highest BCUT2D eigenvalue weighted by Crippen LogP contribution is 2.36. The Morgan fingerprint density at radius 2 is 2.33 bits per heavy atom. The van der Waals surface area contributed by atoms with E-state index in [1.165, 1.54) is 12.1 Å². The number of nitrogens with one attached hydrogen (secondary N) is 3. The van der Waals surface area contributed by atoms with Gasteiger partial charge in [-0.2, -0.15) is 0 Å². The van der Waals surface area contributed by atoms with Crippen molar-refractivity contribution in [3.05, 3.63) is 40.8 Å². The van der Waals surface area contributed by atoms with Crippen molar-refractivity contribution in [1.82, 2.24) is 20.5 Å². The number of nitrogens with zero attached hydrogens (tertiary/aromatic N) is 3. The Bertz CT molecular complexity index is 739. The van der Waals surface area contributed by atoms with Crippen LogP contribution < -0.4 is 20.7 Å². The van der Waals surface area contributed by atoms with Crippen molar-refractivity contribution in [2.24, 2.45) is 10.1 Å². The van der Waals surface area contributed by atoms with E-state index in [-0.39, 0.29) is 23.4 Å². The summed E-state index contributed by atoms with van der Waals surface area (Å²) < 4.78 is 20.9. The van der Waals surface area contributed by atoms with Gasteiger partial charge in [-0.25, -0.2) is 13.7 Å². The molecule has 1 aromatic heterocycles. The fourth-order valence-electron chi connectivity index (χ4n) is 2.41. The van der Waals surface area contributed by atoms with Crippen molar-refractivity contribution in [2.45, 2.75) is 12.5 Å². The van der Waals surface area contributed by atoms with Crippen LogP contribution in [0.5, 0.6) is 0 Å². The van der Waals surface area contributed by atoms with Crippen LogP contribution in [-0.2, 0) is 6.42 Å². The first-order valence-electron chi connectivity index (χ1n) is 7.14. The molecule has 0 bridgehead atoms. The van der Waals surface area contributed by atoms with Gasteiger partial charge < -0.3 is 5.32 Å². The van der Waals surface area contributed by atoms with E-state index >= 15 is 0 Å². The number of hydrogen-bond acceptors (Lipinski definition) is 9. The molecule has 0 spiro atoms. The summed E-state index contributed by atoms with van der Waals surface area (Å²) in [6.07, 6.45) is 0.659. The molecule has 1 aliphatic rings. The number of nitrogens with two attached hydrogens (primary N) is 1. The normalized spacial score (nSPS) is 16.5.